The average molecular weight is 286 g/mol. The normalized spacial score (nSPS) is 22.2. The smallest absolute Gasteiger partial charge is 0.326 e. The van der Waals surface area contributed by atoms with Crippen LogP contribution in [0.25, 0.3) is 0 Å². The van der Waals surface area contributed by atoms with Crippen LogP contribution in [-0.4, -0.2) is 53.7 Å². The van der Waals surface area contributed by atoms with Crippen LogP contribution in [0.1, 0.15) is 33.1 Å². The molecule has 0 aromatic carbocycles. The minimum absolute atomic E-state index is 0.0722. The number of carboxylic acid groups (broad SMARTS) is 1. The van der Waals surface area contributed by atoms with Gasteiger partial charge in [-0.05, 0) is 25.7 Å². The number of piperidine rings is 1. The van der Waals surface area contributed by atoms with Gasteiger partial charge in [0.1, 0.15) is 6.04 Å². The lowest BCUT2D eigenvalue weighted by atomic mass is 9.91. The monoisotopic (exact) mass is 286 g/mol. The van der Waals surface area contributed by atoms with Gasteiger partial charge in [-0.15, -0.1) is 0 Å². The van der Waals surface area contributed by atoms with Crippen molar-refractivity contribution in [2.24, 2.45) is 5.92 Å². The van der Waals surface area contributed by atoms with Gasteiger partial charge in [0.15, 0.2) is 0 Å². The molecule has 114 valence electrons. The first-order valence-electron chi connectivity index (χ1n) is 6.90. The van der Waals surface area contributed by atoms with E-state index in [1.165, 1.54) is 4.90 Å². The molecule has 0 bridgehead atoms. The Labute approximate surface area is 118 Å². The molecule has 0 aromatic rings. The molecular weight excluding hydrogens is 264 g/mol. The number of amides is 2. The highest BCUT2D eigenvalue weighted by Crippen LogP contribution is 2.23. The first-order valence-corrected chi connectivity index (χ1v) is 6.90. The number of rotatable bonds is 5. The molecule has 1 fully saturated rings. The predicted molar refractivity (Wildman–Crippen MR) is 71.2 cm³/mol. The van der Waals surface area contributed by atoms with E-state index < -0.39 is 18.0 Å². The summed E-state index contributed by atoms with van der Waals surface area (Å²) >= 11 is 0. The van der Waals surface area contributed by atoms with Gasteiger partial charge in [-0.25, -0.2) is 9.59 Å². The number of carbonyl (C=O) groups excluding carboxylic acids is 2. The van der Waals surface area contributed by atoms with E-state index in [1.807, 2.05) is 6.92 Å². The summed E-state index contributed by atoms with van der Waals surface area (Å²) in [6.45, 7) is 4.42. The van der Waals surface area contributed by atoms with Gasteiger partial charge in [0.05, 0.1) is 13.0 Å². The fraction of sp³-hybridized carbons (Fsp3) is 0.769. The second-order valence-corrected chi connectivity index (χ2v) is 4.88. The summed E-state index contributed by atoms with van der Waals surface area (Å²) in [5, 5.41) is 11.8. The minimum Gasteiger partial charge on any atom is -0.480 e. The zero-order valence-electron chi connectivity index (χ0n) is 11.9. The number of carbonyl (C=O) groups is 3. The van der Waals surface area contributed by atoms with Crippen molar-refractivity contribution < 1.29 is 24.2 Å². The molecule has 0 spiro atoms. The number of aliphatic carboxylic acids is 1. The standard InChI is InChI=1S/C13H22N2O5/c1-3-20-10(16)6-7-14-13(19)15-8-4-5-9(2)11(15)12(17)18/h9,11H,3-8H2,1-2H3,(H,14,19)(H,17,18). The number of hydrogen-bond acceptors (Lipinski definition) is 4. The van der Waals surface area contributed by atoms with E-state index in [0.29, 0.717) is 13.2 Å². The fourth-order valence-corrected chi connectivity index (χ4v) is 2.40. The molecule has 2 atom stereocenters. The molecule has 0 aliphatic carbocycles. The number of urea groups is 1. The molecule has 0 radical (unpaired) electrons. The lowest BCUT2D eigenvalue weighted by Gasteiger charge is -2.37. The molecule has 1 heterocycles. The van der Waals surface area contributed by atoms with Crippen molar-refractivity contribution in [3.63, 3.8) is 0 Å². The third-order valence-corrected chi connectivity index (χ3v) is 3.36. The Balaban J connectivity index is 2.48. The van der Waals surface area contributed by atoms with E-state index >= 15 is 0 Å². The Morgan fingerprint density at radius 1 is 1.40 bits per heavy atom. The van der Waals surface area contributed by atoms with Crippen molar-refractivity contribution in [1.29, 1.82) is 0 Å². The highest BCUT2D eigenvalue weighted by molar-refractivity contribution is 5.83. The molecule has 7 nitrogen and oxygen atoms in total. The molecule has 0 aromatic heterocycles. The zero-order valence-corrected chi connectivity index (χ0v) is 11.9. The summed E-state index contributed by atoms with van der Waals surface area (Å²) in [6, 6.07) is -1.24. The van der Waals surface area contributed by atoms with E-state index in [2.05, 4.69) is 5.32 Å². The van der Waals surface area contributed by atoms with Gasteiger partial charge in [-0.2, -0.15) is 0 Å². The van der Waals surface area contributed by atoms with Crippen LogP contribution in [0.5, 0.6) is 0 Å². The number of carboxylic acids is 1. The quantitative estimate of drug-likeness (QED) is 0.730. The minimum atomic E-state index is -0.988. The Bertz CT molecular complexity index is 372. The molecule has 1 aliphatic heterocycles. The molecule has 20 heavy (non-hydrogen) atoms. The van der Waals surface area contributed by atoms with Gasteiger partial charge in [0.2, 0.25) is 0 Å². The van der Waals surface area contributed by atoms with Crippen molar-refractivity contribution in [3.8, 4) is 0 Å². The van der Waals surface area contributed by atoms with Crippen molar-refractivity contribution in [1.82, 2.24) is 10.2 Å². The SMILES string of the molecule is CCOC(=O)CCNC(=O)N1CCCC(C)C1C(=O)O. The van der Waals surface area contributed by atoms with Gasteiger partial charge in [-0.3, -0.25) is 4.79 Å². The number of ether oxygens (including phenoxy) is 1. The van der Waals surface area contributed by atoms with Crippen LogP contribution < -0.4 is 5.32 Å². The number of esters is 1. The first kappa shape index (κ1) is 16.3. The van der Waals surface area contributed by atoms with Crippen LogP contribution in [0, 0.1) is 5.92 Å². The molecule has 1 saturated heterocycles. The second-order valence-electron chi connectivity index (χ2n) is 4.88. The molecule has 0 saturated carbocycles. The van der Waals surface area contributed by atoms with Crippen molar-refractivity contribution in [3.05, 3.63) is 0 Å². The highest BCUT2D eigenvalue weighted by Gasteiger charge is 2.36. The Kier molecular flexibility index (Phi) is 6.27. The summed E-state index contributed by atoms with van der Waals surface area (Å²) in [7, 11) is 0. The summed E-state index contributed by atoms with van der Waals surface area (Å²) < 4.78 is 4.75. The third-order valence-electron chi connectivity index (χ3n) is 3.36. The molecule has 1 rings (SSSR count). The number of hydrogen-bond donors (Lipinski definition) is 2. The number of nitrogens with one attached hydrogen (secondary N) is 1. The Morgan fingerprint density at radius 2 is 2.10 bits per heavy atom. The summed E-state index contributed by atoms with van der Waals surface area (Å²) in [6.07, 6.45) is 1.67. The van der Waals surface area contributed by atoms with E-state index in [9.17, 15) is 19.5 Å². The highest BCUT2D eigenvalue weighted by atomic mass is 16.5. The molecule has 7 heteroatoms. The second kappa shape index (κ2) is 7.72. The van der Waals surface area contributed by atoms with Crippen molar-refractivity contribution >= 4 is 18.0 Å². The van der Waals surface area contributed by atoms with E-state index in [4.69, 9.17) is 4.74 Å². The Morgan fingerprint density at radius 3 is 2.70 bits per heavy atom. The van der Waals surface area contributed by atoms with Crippen molar-refractivity contribution in [2.75, 3.05) is 19.7 Å². The molecule has 2 N–H and O–H groups in total. The van der Waals surface area contributed by atoms with Crippen molar-refractivity contribution in [2.45, 2.75) is 39.2 Å². The maximum absolute atomic E-state index is 12.0. The van der Waals surface area contributed by atoms with Gasteiger partial charge in [0, 0.05) is 13.1 Å². The number of nitrogens with zero attached hydrogens (tertiary/aromatic N) is 1. The molecule has 1 aliphatic rings. The average Bonchev–Trinajstić information content (AvgIpc) is 2.38. The summed E-state index contributed by atoms with van der Waals surface area (Å²) in [4.78, 5) is 35.7. The largest absolute Gasteiger partial charge is 0.480 e. The van der Waals surface area contributed by atoms with Gasteiger partial charge >= 0.3 is 18.0 Å². The van der Waals surface area contributed by atoms with Crippen LogP contribution in [0.4, 0.5) is 4.79 Å². The topological polar surface area (TPSA) is 95.9 Å². The lowest BCUT2D eigenvalue weighted by molar-refractivity contribution is -0.145. The van der Waals surface area contributed by atoms with Crippen LogP contribution in [0.15, 0.2) is 0 Å². The Hall–Kier alpha value is -1.79. The van der Waals surface area contributed by atoms with E-state index in [0.717, 1.165) is 12.8 Å². The number of likely N-dealkylation sites (tertiary alicyclic amines) is 1. The van der Waals surface area contributed by atoms with Crippen LogP contribution >= 0.6 is 0 Å². The van der Waals surface area contributed by atoms with Crippen LogP contribution in [0.3, 0.4) is 0 Å². The van der Waals surface area contributed by atoms with Crippen LogP contribution in [-0.2, 0) is 14.3 Å². The molecular formula is C13H22N2O5. The predicted octanol–water partition coefficient (Wildman–Crippen LogP) is 0.834. The summed E-state index contributed by atoms with van der Waals surface area (Å²) in [5.74, 6) is -1.44. The lowest BCUT2D eigenvalue weighted by Crippen LogP contribution is -2.55. The van der Waals surface area contributed by atoms with Crippen LogP contribution in [0.2, 0.25) is 0 Å². The molecule has 2 amide bonds. The van der Waals surface area contributed by atoms with Gasteiger partial charge in [-0.1, -0.05) is 6.92 Å². The first-order chi connectivity index (χ1) is 9.47. The maximum atomic E-state index is 12.0. The van der Waals surface area contributed by atoms with Gasteiger partial charge in [0.25, 0.3) is 0 Å². The van der Waals surface area contributed by atoms with Gasteiger partial charge < -0.3 is 20.1 Å². The molecule has 2 unspecified atom stereocenters. The van der Waals surface area contributed by atoms with E-state index in [-0.39, 0.29) is 24.9 Å². The zero-order chi connectivity index (χ0) is 15.1. The van der Waals surface area contributed by atoms with E-state index in [1.54, 1.807) is 6.92 Å². The summed E-state index contributed by atoms with van der Waals surface area (Å²) in [5.41, 5.74) is 0. The fourth-order valence-electron chi connectivity index (χ4n) is 2.40. The maximum Gasteiger partial charge on any atom is 0.326 e. The third kappa shape index (κ3) is 4.40.